The molecule has 5 rings (SSSR count). The lowest BCUT2D eigenvalue weighted by molar-refractivity contribution is 0.103. The van der Waals surface area contributed by atoms with E-state index in [2.05, 4.69) is 15.9 Å². The van der Waals surface area contributed by atoms with Crippen LogP contribution in [-0.4, -0.2) is 15.2 Å². The van der Waals surface area contributed by atoms with Gasteiger partial charge in [-0.3, -0.25) is 9.78 Å². The Hall–Kier alpha value is -2.98. The average Bonchev–Trinajstić information content (AvgIpc) is 3.04. The number of fused-ring (bicyclic) bond motifs is 5. The third-order valence-corrected chi connectivity index (χ3v) is 5.52. The number of nitrogens with zero attached hydrogens (tertiary/aromatic N) is 2. The molecule has 0 bridgehead atoms. The zero-order valence-corrected chi connectivity index (χ0v) is 16.2. The quantitative estimate of drug-likeness (QED) is 0.334. The summed E-state index contributed by atoms with van der Waals surface area (Å²) in [5, 5.41) is 3.01. The van der Waals surface area contributed by atoms with E-state index < -0.39 is 0 Å². The van der Waals surface area contributed by atoms with Crippen LogP contribution in [0.5, 0.6) is 0 Å². The molecule has 4 heteroatoms. The molecule has 130 valence electrons. The number of hydrogen-bond donors (Lipinski definition) is 0. The van der Waals surface area contributed by atoms with Crippen molar-refractivity contribution in [2.24, 2.45) is 0 Å². The Labute approximate surface area is 164 Å². The van der Waals surface area contributed by atoms with Crippen molar-refractivity contribution in [1.82, 2.24) is 9.38 Å². The van der Waals surface area contributed by atoms with Gasteiger partial charge in [-0.05, 0) is 49.4 Å². The van der Waals surface area contributed by atoms with Gasteiger partial charge in [-0.2, -0.15) is 0 Å². The number of pyridine rings is 2. The summed E-state index contributed by atoms with van der Waals surface area (Å²) in [5.41, 5.74) is 4.20. The largest absolute Gasteiger partial charge is 0.312 e. The highest BCUT2D eigenvalue weighted by atomic mass is 79.9. The van der Waals surface area contributed by atoms with E-state index in [1.807, 2.05) is 84.3 Å². The highest BCUT2D eigenvalue weighted by molar-refractivity contribution is 9.10. The fourth-order valence-electron chi connectivity index (χ4n) is 3.82. The molecule has 0 amide bonds. The molecule has 27 heavy (non-hydrogen) atoms. The Morgan fingerprint density at radius 2 is 1.67 bits per heavy atom. The molecule has 3 heterocycles. The summed E-state index contributed by atoms with van der Waals surface area (Å²) in [6, 6.07) is 21.5. The van der Waals surface area contributed by atoms with Crippen LogP contribution in [0.4, 0.5) is 0 Å². The normalized spacial score (nSPS) is 11.5. The summed E-state index contributed by atoms with van der Waals surface area (Å²) in [4.78, 5) is 18.3. The van der Waals surface area contributed by atoms with Crippen molar-refractivity contribution in [3.8, 4) is 0 Å². The van der Waals surface area contributed by atoms with Gasteiger partial charge in [0, 0.05) is 38.1 Å². The molecule has 0 spiro atoms. The van der Waals surface area contributed by atoms with Crippen LogP contribution in [0.25, 0.3) is 27.2 Å². The van der Waals surface area contributed by atoms with Crippen molar-refractivity contribution >= 4 is 48.9 Å². The second kappa shape index (κ2) is 6.03. The molecule has 0 N–H and O–H groups in total. The minimum atomic E-state index is 0.00875. The lowest BCUT2D eigenvalue weighted by Gasteiger charge is -2.06. The maximum absolute atomic E-state index is 13.5. The lowest BCUT2D eigenvalue weighted by atomic mass is 10.0. The lowest BCUT2D eigenvalue weighted by Crippen LogP contribution is -2.05. The highest BCUT2D eigenvalue weighted by Crippen LogP contribution is 2.35. The molecule has 0 aliphatic rings. The number of carbonyl (C=O) groups excluding carboxylic acids is 1. The van der Waals surface area contributed by atoms with Crippen molar-refractivity contribution in [2.75, 3.05) is 0 Å². The molecular formula is C23H15BrN2O. The molecular weight excluding hydrogens is 400 g/mol. The van der Waals surface area contributed by atoms with Gasteiger partial charge in [-0.1, -0.05) is 40.2 Å². The second-order valence-electron chi connectivity index (χ2n) is 6.60. The first-order valence-corrected chi connectivity index (χ1v) is 9.53. The minimum Gasteiger partial charge on any atom is -0.312 e. The van der Waals surface area contributed by atoms with Crippen LogP contribution >= 0.6 is 15.9 Å². The third kappa shape index (κ3) is 2.41. The van der Waals surface area contributed by atoms with E-state index in [4.69, 9.17) is 4.98 Å². The molecule has 0 atom stereocenters. The number of hydrogen-bond acceptors (Lipinski definition) is 2. The van der Waals surface area contributed by atoms with Crippen LogP contribution < -0.4 is 0 Å². The van der Waals surface area contributed by atoms with Crippen molar-refractivity contribution in [1.29, 1.82) is 0 Å². The van der Waals surface area contributed by atoms with Gasteiger partial charge < -0.3 is 4.40 Å². The molecule has 3 aromatic heterocycles. The smallest absolute Gasteiger partial charge is 0.210 e. The van der Waals surface area contributed by atoms with Gasteiger partial charge in [0.05, 0.1) is 11.0 Å². The minimum absolute atomic E-state index is 0.00875. The summed E-state index contributed by atoms with van der Waals surface area (Å²) in [6.07, 6.45) is 1.95. The molecule has 3 nitrogen and oxygen atoms in total. The first-order valence-electron chi connectivity index (χ1n) is 8.73. The average molecular weight is 415 g/mol. The molecule has 0 unspecified atom stereocenters. The molecule has 2 aromatic carbocycles. The van der Waals surface area contributed by atoms with Gasteiger partial charge in [0.2, 0.25) is 5.78 Å². The van der Waals surface area contributed by atoms with E-state index in [-0.39, 0.29) is 5.78 Å². The summed E-state index contributed by atoms with van der Waals surface area (Å²) >= 11 is 3.44. The van der Waals surface area contributed by atoms with Crippen LogP contribution in [0.15, 0.2) is 77.4 Å². The van der Waals surface area contributed by atoms with Gasteiger partial charge in [-0.15, -0.1) is 0 Å². The standard InChI is InChI=1S/C23H15BrN2O/c1-14-20-19-8-4-5-13-26(19)22(23(27)15-9-11-16(24)12-10-15)21(20)17-6-2-3-7-18(17)25-14/h2-13H,1H3. The zero-order chi connectivity index (χ0) is 18.5. The van der Waals surface area contributed by atoms with E-state index in [0.29, 0.717) is 11.3 Å². The predicted octanol–water partition coefficient (Wildman–Crippen LogP) is 5.94. The number of aryl methyl sites for hydroxylation is 1. The number of para-hydroxylation sites is 1. The summed E-state index contributed by atoms with van der Waals surface area (Å²) < 4.78 is 2.95. The number of benzene rings is 2. The molecule has 0 radical (unpaired) electrons. The Morgan fingerprint density at radius 3 is 2.48 bits per heavy atom. The molecule has 0 aliphatic carbocycles. The maximum Gasteiger partial charge on any atom is 0.210 e. The number of carbonyl (C=O) groups is 1. The van der Waals surface area contributed by atoms with Crippen LogP contribution in [-0.2, 0) is 0 Å². The van der Waals surface area contributed by atoms with Crippen molar-refractivity contribution < 1.29 is 4.79 Å². The maximum atomic E-state index is 13.5. The highest BCUT2D eigenvalue weighted by Gasteiger charge is 2.22. The van der Waals surface area contributed by atoms with Crippen molar-refractivity contribution in [2.45, 2.75) is 6.92 Å². The number of aromatic nitrogens is 2. The number of halogens is 1. The fourth-order valence-corrected chi connectivity index (χ4v) is 4.08. The van der Waals surface area contributed by atoms with E-state index in [0.717, 1.165) is 37.4 Å². The summed E-state index contributed by atoms with van der Waals surface area (Å²) in [7, 11) is 0. The molecule has 0 fully saturated rings. The first-order chi connectivity index (χ1) is 13.1. The molecule has 0 saturated carbocycles. The van der Waals surface area contributed by atoms with Gasteiger partial charge in [0.15, 0.2) is 0 Å². The van der Waals surface area contributed by atoms with Crippen molar-refractivity contribution in [3.63, 3.8) is 0 Å². The number of ketones is 1. The second-order valence-corrected chi connectivity index (χ2v) is 7.52. The van der Waals surface area contributed by atoms with Crippen molar-refractivity contribution in [3.05, 3.63) is 94.4 Å². The fraction of sp³-hybridized carbons (Fsp3) is 0.0435. The monoisotopic (exact) mass is 414 g/mol. The Morgan fingerprint density at radius 1 is 0.926 bits per heavy atom. The Bertz CT molecular complexity index is 1350. The van der Waals surface area contributed by atoms with Gasteiger partial charge in [-0.25, -0.2) is 0 Å². The topological polar surface area (TPSA) is 34.4 Å². The van der Waals surface area contributed by atoms with Gasteiger partial charge in [0.25, 0.3) is 0 Å². The summed E-state index contributed by atoms with van der Waals surface area (Å²) in [5.74, 6) is 0.00875. The molecule has 5 aromatic rings. The summed E-state index contributed by atoms with van der Waals surface area (Å²) in [6.45, 7) is 2.01. The third-order valence-electron chi connectivity index (χ3n) is 4.99. The van der Waals surface area contributed by atoms with E-state index in [9.17, 15) is 4.79 Å². The molecule has 0 saturated heterocycles. The Kier molecular flexibility index (Phi) is 3.62. The van der Waals surface area contributed by atoms with Crippen LogP contribution in [0, 0.1) is 6.92 Å². The van der Waals surface area contributed by atoms with Crippen LogP contribution in [0.1, 0.15) is 21.7 Å². The zero-order valence-electron chi connectivity index (χ0n) is 14.6. The van der Waals surface area contributed by atoms with Gasteiger partial charge in [0.1, 0.15) is 5.69 Å². The van der Waals surface area contributed by atoms with Crippen LogP contribution in [0.3, 0.4) is 0 Å². The number of rotatable bonds is 2. The van der Waals surface area contributed by atoms with E-state index in [1.54, 1.807) is 0 Å². The Balaban J connectivity index is 1.97. The van der Waals surface area contributed by atoms with Gasteiger partial charge >= 0.3 is 0 Å². The first kappa shape index (κ1) is 16.2. The van der Waals surface area contributed by atoms with E-state index >= 15 is 0 Å². The molecule has 0 aliphatic heterocycles. The van der Waals surface area contributed by atoms with E-state index in [1.165, 1.54) is 0 Å². The van der Waals surface area contributed by atoms with Crippen LogP contribution in [0.2, 0.25) is 0 Å². The predicted molar refractivity (Wildman–Crippen MR) is 113 cm³/mol. The SMILES string of the molecule is Cc1nc2ccccc2c2c(C(=O)c3ccc(Br)cc3)n3ccccc3c12.